The number of ether oxygens (including phenoxy) is 4. The summed E-state index contributed by atoms with van der Waals surface area (Å²) in [6, 6.07) is 22.2. The van der Waals surface area contributed by atoms with Crippen LogP contribution in [0.25, 0.3) is 0 Å². The van der Waals surface area contributed by atoms with Gasteiger partial charge in [-0.1, -0.05) is 33.1 Å². The maximum absolute atomic E-state index is 12.7. The largest absolute Gasteiger partial charge is 0.493 e. The maximum Gasteiger partial charge on any atom is 0.416 e. The average Bonchev–Trinajstić information content (AvgIpc) is 3.21. The van der Waals surface area contributed by atoms with E-state index in [4.69, 9.17) is 29.2 Å². The number of rotatable bonds is 23. The normalized spacial score (nSPS) is 12.4. The number of hydrogen-bond acceptors (Lipinski definition) is 8. The lowest BCUT2D eigenvalue weighted by atomic mass is 10.0. The number of benzene rings is 4. The molecule has 0 aliphatic heterocycles. The molecule has 0 aromatic heterocycles. The van der Waals surface area contributed by atoms with Crippen LogP contribution in [-0.4, -0.2) is 60.1 Å². The van der Waals surface area contributed by atoms with Crippen LogP contribution in [-0.2, 0) is 21.9 Å². The van der Waals surface area contributed by atoms with Crippen molar-refractivity contribution in [3.05, 3.63) is 108 Å². The van der Waals surface area contributed by atoms with E-state index in [9.17, 15) is 35.9 Å². The van der Waals surface area contributed by atoms with Crippen LogP contribution in [0.3, 0.4) is 0 Å². The molecule has 2 atom stereocenters. The van der Waals surface area contributed by atoms with E-state index >= 15 is 0 Å². The molecular formula is C44H50F6O8S2. The molecule has 0 saturated carbocycles. The molecule has 0 aliphatic rings. The van der Waals surface area contributed by atoms with Crippen molar-refractivity contribution in [1.82, 2.24) is 0 Å². The van der Waals surface area contributed by atoms with Gasteiger partial charge in [0, 0.05) is 33.1 Å². The number of halogens is 6. The van der Waals surface area contributed by atoms with Crippen LogP contribution in [0, 0.1) is 18.8 Å². The van der Waals surface area contributed by atoms with E-state index in [2.05, 4.69) is 6.92 Å². The molecule has 0 saturated heterocycles. The van der Waals surface area contributed by atoms with Gasteiger partial charge < -0.3 is 29.2 Å². The quantitative estimate of drug-likeness (QED) is 0.0424. The zero-order valence-electron chi connectivity index (χ0n) is 33.5. The van der Waals surface area contributed by atoms with Gasteiger partial charge in [-0.25, -0.2) is 9.59 Å². The number of alkyl halides is 6. The molecule has 4 rings (SSSR count). The fourth-order valence-corrected chi connectivity index (χ4v) is 7.51. The minimum Gasteiger partial charge on any atom is -0.493 e. The number of aryl methyl sites for hydroxylation is 1. The van der Waals surface area contributed by atoms with Crippen molar-refractivity contribution in [2.24, 2.45) is 11.8 Å². The van der Waals surface area contributed by atoms with Crippen molar-refractivity contribution in [1.29, 1.82) is 0 Å². The first-order valence-electron chi connectivity index (χ1n) is 19.2. The number of carboxylic acid groups (broad SMARTS) is 2. The number of carbonyl (C=O) groups is 2. The van der Waals surface area contributed by atoms with Gasteiger partial charge in [0.1, 0.15) is 23.0 Å². The summed E-state index contributed by atoms with van der Waals surface area (Å²) in [5.74, 6) is 1.89. The Morgan fingerprint density at radius 1 is 0.600 bits per heavy atom. The van der Waals surface area contributed by atoms with E-state index in [1.165, 1.54) is 24.3 Å². The monoisotopic (exact) mass is 884 g/mol. The second kappa shape index (κ2) is 25.2. The smallest absolute Gasteiger partial charge is 0.416 e. The first-order valence-corrected chi connectivity index (χ1v) is 21.2. The molecule has 4 aromatic carbocycles. The van der Waals surface area contributed by atoms with Crippen molar-refractivity contribution in [2.75, 3.05) is 37.9 Å². The summed E-state index contributed by atoms with van der Waals surface area (Å²) < 4.78 is 97.7. The lowest BCUT2D eigenvalue weighted by Gasteiger charge is -2.18. The second-order valence-corrected chi connectivity index (χ2v) is 15.9. The van der Waals surface area contributed by atoms with E-state index in [1.54, 1.807) is 41.7 Å². The standard InChI is InChI=1S/C24H29F3O4S.C20H21F3O4S/c1-3-4-5-6-18(14-30-20-9-7-19(8-10-20)24(25,26)27)16-32-21-11-12-22(17(2)13-21)31-15-23(28)29;1-2-14(11-26-16-5-3-15(4-6-16)20(21,22)23)13-28-18-9-7-17(8-10-18)27-12-19(24)25/h7-13,18H,3-6,14-16H2,1-2H3,(H,28,29);3-10,14H,2,11-13H2,1H3,(H,24,25). The molecule has 328 valence electrons. The summed E-state index contributed by atoms with van der Waals surface area (Å²) in [6.07, 6.45) is -3.57. The SMILES string of the molecule is CCC(COc1ccc(C(F)(F)F)cc1)CSc1ccc(OCC(=O)O)cc1.CCCCCC(COc1ccc(C(F)(F)F)cc1)CSc1ccc(OCC(=O)O)c(C)c1. The average molecular weight is 885 g/mol. The van der Waals surface area contributed by atoms with Crippen molar-refractivity contribution in [3.8, 4) is 23.0 Å². The number of hydrogen-bond donors (Lipinski definition) is 2. The molecule has 0 fully saturated rings. The Labute approximate surface area is 355 Å². The predicted molar refractivity (Wildman–Crippen MR) is 221 cm³/mol. The topological polar surface area (TPSA) is 112 Å². The molecule has 2 unspecified atom stereocenters. The van der Waals surface area contributed by atoms with E-state index in [0.29, 0.717) is 36.2 Å². The lowest BCUT2D eigenvalue weighted by molar-refractivity contribution is -0.140. The van der Waals surface area contributed by atoms with Crippen LogP contribution in [0.15, 0.2) is 101 Å². The molecule has 16 heteroatoms. The minimum atomic E-state index is -4.36. The van der Waals surface area contributed by atoms with E-state index in [-0.39, 0.29) is 25.0 Å². The van der Waals surface area contributed by atoms with Crippen LogP contribution >= 0.6 is 23.5 Å². The van der Waals surface area contributed by atoms with Crippen LogP contribution < -0.4 is 18.9 Å². The van der Waals surface area contributed by atoms with Gasteiger partial charge in [0.15, 0.2) is 13.2 Å². The van der Waals surface area contributed by atoms with Gasteiger partial charge in [-0.15, -0.1) is 23.5 Å². The highest BCUT2D eigenvalue weighted by atomic mass is 32.2. The number of carboxylic acids is 2. The summed E-state index contributed by atoms with van der Waals surface area (Å²) in [6.45, 7) is 6.12. The molecule has 4 aromatic rings. The highest BCUT2D eigenvalue weighted by Crippen LogP contribution is 2.33. The summed E-state index contributed by atoms with van der Waals surface area (Å²) in [7, 11) is 0. The summed E-state index contributed by atoms with van der Waals surface area (Å²) in [5.41, 5.74) is -0.524. The Bertz CT molecular complexity index is 1870. The third-order valence-electron chi connectivity index (χ3n) is 8.78. The fraction of sp³-hybridized carbons (Fsp3) is 0.409. The molecule has 8 nitrogen and oxygen atoms in total. The summed E-state index contributed by atoms with van der Waals surface area (Å²) >= 11 is 3.30. The van der Waals surface area contributed by atoms with Gasteiger partial charge in [0.25, 0.3) is 0 Å². The van der Waals surface area contributed by atoms with Crippen molar-refractivity contribution < 1.29 is 65.1 Å². The Kier molecular flexibility index (Phi) is 20.8. The Morgan fingerprint density at radius 2 is 1.05 bits per heavy atom. The van der Waals surface area contributed by atoms with E-state index in [0.717, 1.165) is 83.2 Å². The molecule has 0 aliphatic carbocycles. The Morgan fingerprint density at radius 3 is 1.53 bits per heavy atom. The van der Waals surface area contributed by atoms with Crippen LogP contribution in [0.5, 0.6) is 23.0 Å². The first kappa shape index (κ1) is 49.7. The van der Waals surface area contributed by atoms with Crippen molar-refractivity contribution in [3.63, 3.8) is 0 Å². The van der Waals surface area contributed by atoms with Crippen molar-refractivity contribution in [2.45, 2.75) is 75.0 Å². The van der Waals surface area contributed by atoms with Gasteiger partial charge in [-0.2, -0.15) is 26.3 Å². The third-order valence-corrected chi connectivity index (χ3v) is 11.3. The van der Waals surface area contributed by atoms with Crippen LogP contribution in [0.2, 0.25) is 0 Å². The molecule has 0 amide bonds. The minimum absolute atomic E-state index is 0.232. The van der Waals surface area contributed by atoms with Gasteiger partial charge >= 0.3 is 24.3 Å². The highest BCUT2D eigenvalue weighted by Gasteiger charge is 2.31. The van der Waals surface area contributed by atoms with Gasteiger partial charge in [-0.3, -0.25) is 0 Å². The maximum atomic E-state index is 12.7. The lowest BCUT2D eigenvalue weighted by Crippen LogP contribution is -2.15. The van der Waals surface area contributed by atoms with Gasteiger partial charge in [0.2, 0.25) is 0 Å². The third kappa shape index (κ3) is 19.1. The highest BCUT2D eigenvalue weighted by molar-refractivity contribution is 7.99. The molecule has 0 radical (unpaired) electrons. The second-order valence-electron chi connectivity index (χ2n) is 13.7. The Hall–Kier alpha value is -4.70. The fourth-order valence-electron chi connectivity index (χ4n) is 5.31. The molecule has 60 heavy (non-hydrogen) atoms. The molecule has 0 bridgehead atoms. The van der Waals surface area contributed by atoms with E-state index < -0.39 is 35.4 Å². The molecule has 0 heterocycles. The zero-order valence-corrected chi connectivity index (χ0v) is 35.2. The molecular weight excluding hydrogens is 835 g/mol. The zero-order chi connectivity index (χ0) is 44.1. The summed E-state index contributed by atoms with van der Waals surface area (Å²) in [4.78, 5) is 23.2. The van der Waals surface area contributed by atoms with Gasteiger partial charge in [0.05, 0.1) is 24.3 Å². The number of thioether (sulfide) groups is 2. The first-order chi connectivity index (χ1) is 28.5. The molecule has 0 spiro atoms. The number of unbranched alkanes of at least 4 members (excludes halogenated alkanes) is 2. The van der Waals surface area contributed by atoms with Crippen LogP contribution in [0.1, 0.15) is 62.6 Å². The van der Waals surface area contributed by atoms with E-state index in [1.807, 2.05) is 38.1 Å². The number of aliphatic carboxylic acids is 2. The Balaban J connectivity index is 0.000000323. The predicted octanol–water partition coefficient (Wildman–Crippen LogP) is 12.2. The van der Waals surface area contributed by atoms with Gasteiger partial charge in [-0.05, 0) is 116 Å². The van der Waals surface area contributed by atoms with Crippen molar-refractivity contribution >= 4 is 35.5 Å². The van der Waals surface area contributed by atoms with Crippen LogP contribution in [0.4, 0.5) is 26.3 Å². The summed E-state index contributed by atoms with van der Waals surface area (Å²) in [5, 5.41) is 17.3. The molecule has 2 N–H and O–H groups in total.